The molecule has 2 aliphatic heterocycles. The van der Waals surface area contributed by atoms with E-state index in [9.17, 15) is 13.2 Å². The van der Waals surface area contributed by atoms with E-state index in [4.69, 9.17) is 9.47 Å². The van der Waals surface area contributed by atoms with Crippen LogP contribution in [0.15, 0.2) is 23.2 Å². The minimum atomic E-state index is -3.00. The standard InChI is InChI=1S/C18H26N4O5S/c1-19-18(20-7-5-17(23)21-14-6-10-28(24,25)12-14)22-13-3-4-15-16(11-13)27-9-2-8-26-15/h3-4,11,14H,2,5-10,12H2,1H3,(H,21,23)(H2,19,20,22). The number of guanidine groups is 1. The summed E-state index contributed by atoms with van der Waals surface area (Å²) in [6.07, 6.45) is 1.54. The zero-order valence-corrected chi connectivity index (χ0v) is 16.7. The summed E-state index contributed by atoms with van der Waals surface area (Å²) in [6.45, 7) is 1.62. The van der Waals surface area contributed by atoms with Crippen LogP contribution in [0, 0.1) is 0 Å². The number of benzene rings is 1. The second kappa shape index (κ2) is 9.13. The largest absolute Gasteiger partial charge is 0.490 e. The fourth-order valence-electron chi connectivity index (χ4n) is 3.06. The smallest absolute Gasteiger partial charge is 0.222 e. The minimum Gasteiger partial charge on any atom is -0.490 e. The predicted octanol–water partition coefficient (Wildman–Crippen LogP) is 0.529. The molecule has 9 nitrogen and oxygen atoms in total. The maximum absolute atomic E-state index is 12.0. The predicted molar refractivity (Wildman–Crippen MR) is 107 cm³/mol. The number of nitrogens with one attached hydrogen (secondary N) is 3. The Bertz CT molecular complexity index is 840. The molecule has 2 heterocycles. The Hall–Kier alpha value is -2.49. The van der Waals surface area contributed by atoms with E-state index >= 15 is 0 Å². The van der Waals surface area contributed by atoms with Crippen molar-refractivity contribution >= 4 is 27.4 Å². The number of aliphatic imine (C=N–C) groups is 1. The lowest BCUT2D eigenvalue weighted by molar-refractivity contribution is -0.121. The third kappa shape index (κ3) is 5.75. The summed E-state index contributed by atoms with van der Waals surface area (Å²) >= 11 is 0. The van der Waals surface area contributed by atoms with Crippen LogP contribution in [0.25, 0.3) is 0 Å². The monoisotopic (exact) mass is 410 g/mol. The average Bonchev–Trinajstić information content (AvgIpc) is 2.86. The lowest BCUT2D eigenvalue weighted by atomic mass is 10.2. The second-order valence-corrected chi connectivity index (χ2v) is 8.98. The lowest BCUT2D eigenvalue weighted by Gasteiger charge is -2.14. The number of rotatable bonds is 5. The van der Waals surface area contributed by atoms with Crippen LogP contribution in [0.4, 0.5) is 5.69 Å². The molecule has 0 aromatic heterocycles. The number of hydrogen-bond donors (Lipinski definition) is 3. The Morgan fingerprint density at radius 1 is 1.25 bits per heavy atom. The highest BCUT2D eigenvalue weighted by Gasteiger charge is 2.28. The first kappa shape index (κ1) is 20.2. The van der Waals surface area contributed by atoms with Crippen molar-refractivity contribution in [3.05, 3.63) is 18.2 Å². The summed E-state index contributed by atoms with van der Waals surface area (Å²) in [5.41, 5.74) is 0.790. The van der Waals surface area contributed by atoms with E-state index in [2.05, 4.69) is 20.9 Å². The van der Waals surface area contributed by atoms with E-state index in [1.807, 2.05) is 18.2 Å². The van der Waals surface area contributed by atoms with Crippen LogP contribution in [0.1, 0.15) is 19.3 Å². The molecule has 1 fully saturated rings. The summed E-state index contributed by atoms with van der Waals surface area (Å²) in [6, 6.07) is 5.28. The SMILES string of the molecule is CN=C(NCCC(=O)NC1CCS(=O)(=O)C1)Nc1ccc2c(c1)OCCCO2. The van der Waals surface area contributed by atoms with E-state index in [0.29, 0.717) is 37.9 Å². The Balaban J connectivity index is 1.45. The molecule has 1 unspecified atom stereocenters. The van der Waals surface area contributed by atoms with Crippen LogP contribution in [-0.2, 0) is 14.6 Å². The van der Waals surface area contributed by atoms with Gasteiger partial charge in [0.25, 0.3) is 0 Å². The molecule has 1 aromatic rings. The van der Waals surface area contributed by atoms with E-state index in [1.54, 1.807) is 7.05 Å². The highest BCUT2D eigenvalue weighted by molar-refractivity contribution is 7.91. The number of hydrogen-bond acceptors (Lipinski definition) is 6. The summed E-state index contributed by atoms with van der Waals surface area (Å²) in [5, 5.41) is 8.99. The first-order valence-electron chi connectivity index (χ1n) is 9.32. The highest BCUT2D eigenvalue weighted by Crippen LogP contribution is 2.32. The van der Waals surface area contributed by atoms with Gasteiger partial charge in [-0.25, -0.2) is 8.42 Å². The summed E-state index contributed by atoms with van der Waals surface area (Å²) in [4.78, 5) is 16.1. The molecule has 2 aliphatic rings. The van der Waals surface area contributed by atoms with Crippen molar-refractivity contribution in [1.29, 1.82) is 0 Å². The van der Waals surface area contributed by atoms with Gasteiger partial charge in [-0.15, -0.1) is 0 Å². The molecule has 1 amide bonds. The van der Waals surface area contributed by atoms with Crippen molar-refractivity contribution in [2.24, 2.45) is 4.99 Å². The fourth-order valence-corrected chi connectivity index (χ4v) is 4.73. The Morgan fingerprint density at radius 2 is 2.04 bits per heavy atom. The van der Waals surface area contributed by atoms with Crippen LogP contribution in [0.5, 0.6) is 11.5 Å². The van der Waals surface area contributed by atoms with Crippen LogP contribution < -0.4 is 25.4 Å². The van der Waals surface area contributed by atoms with Gasteiger partial charge in [0, 0.05) is 44.2 Å². The van der Waals surface area contributed by atoms with Gasteiger partial charge in [0.15, 0.2) is 27.3 Å². The van der Waals surface area contributed by atoms with E-state index in [1.165, 1.54) is 0 Å². The zero-order valence-electron chi connectivity index (χ0n) is 15.9. The zero-order chi connectivity index (χ0) is 20.0. The number of sulfone groups is 1. The van der Waals surface area contributed by atoms with Gasteiger partial charge in [0.2, 0.25) is 5.91 Å². The molecule has 0 bridgehead atoms. The third-order valence-corrected chi connectivity index (χ3v) is 6.24. The molecule has 0 spiro atoms. The van der Waals surface area contributed by atoms with Gasteiger partial charge in [0.05, 0.1) is 24.7 Å². The Labute approximate surface area is 164 Å². The molecule has 1 saturated heterocycles. The number of anilines is 1. The molecule has 0 saturated carbocycles. The molecule has 154 valence electrons. The van der Waals surface area contributed by atoms with Crippen molar-refractivity contribution in [3.63, 3.8) is 0 Å². The van der Waals surface area contributed by atoms with Crippen molar-refractivity contribution in [3.8, 4) is 11.5 Å². The van der Waals surface area contributed by atoms with Gasteiger partial charge >= 0.3 is 0 Å². The molecule has 3 N–H and O–H groups in total. The van der Waals surface area contributed by atoms with Crippen molar-refractivity contribution in [2.45, 2.75) is 25.3 Å². The average molecular weight is 410 g/mol. The molecular formula is C18H26N4O5S. The molecule has 1 atom stereocenters. The number of amides is 1. The molecule has 10 heteroatoms. The maximum atomic E-state index is 12.0. The molecule has 0 aliphatic carbocycles. The first-order valence-corrected chi connectivity index (χ1v) is 11.1. The summed E-state index contributed by atoms with van der Waals surface area (Å²) in [7, 11) is -1.36. The normalized spacial score (nSPS) is 20.9. The highest BCUT2D eigenvalue weighted by atomic mass is 32.2. The van der Waals surface area contributed by atoms with Crippen molar-refractivity contribution in [2.75, 3.05) is 43.6 Å². The fraction of sp³-hybridized carbons (Fsp3) is 0.556. The summed E-state index contributed by atoms with van der Waals surface area (Å²) < 4.78 is 34.2. The van der Waals surface area contributed by atoms with E-state index in [0.717, 1.165) is 17.9 Å². The minimum absolute atomic E-state index is 0.0273. The van der Waals surface area contributed by atoms with Crippen LogP contribution >= 0.6 is 0 Å². The van der Waals surface area contributed by atoms with Gasteiger partial charge in [-0.3, -0.25) is 9.79 Å². The van der Waals surface area contributed by atoms with Crippen LogP contribution in [0.3, 0.4) is 0 Å². The molecule has 3 rings (SSSR count). The number of nitrogens with zero attached hydrogens (tertiary/aromatic N) is 1. The van der Waals surface area contributed by atoms with E-state index < -0.39 is 9.84 Å². The Kier molecular flexibility index (Phi) is 6.61. The van der Waals surface area contributed by atoms with E-state index in [-0.39, 0.29) is 29.9 Å². The first-order chi connectivity index (χ1) is 13.4. The molecule has 1 aromatic carbocycles. The Morgan fingerprint density at radius 3 is 2.75 bits per heavy atom. The number of carbonyl (C=O) groups excluding carboxylic acids is 1. The third-order valence-electron chi connectivity index (χ3n) is 4.48. The molecular weight excluding hydrogens is 384 g/mol. The lowest BCUT2D eigenvalue weighted by Crippen LogP contribution is -2.38. The maximum Gasteiger partial charge on any atom is 0.222 e. The molecule has 0 radical (unpaired) electrons. The molecule has 28 heavy (non-hydrogen) atoms. The summed E-state index contributed by atoms with van der Waals surface area (Å²) in [5.74, 6) is 1.91. The van der Waals surface area contributed by atoms with Gasteiger partial charge in [-0.05, 0) is 18.6 Å². The number of ether oxygens (including phenoxy) is 2. The van der Waals surface area contributed by atoms with Crippen LogP contribution in [0.2, 0.25) is 0 Å². The van der Waals surface area contributed by atoms with Crippen molar-refractivity contribution < 1.29 is 22.7 Å². The van der Waals surface area contributed by atoms with Gasteiger partial charge in [-0.1, -0.05) is 0 Å². The van der Waals surface area contributed by atoms with Crippen LogP contribution in [-0.4, -0.2) is 64.6 Å². The second-order valence-electron chi connectivity index (χ2n) is 6.75. The van der Waals surface area contributed by atoms with Gasteiger partial charge < -0.3 is 25.4 Å². The number of fused-ring (bicyclic) bond motifs is 1. The van der Waals surface area contributed by atoms with Gasteiger partial charge in [0.1, 0.15) is 0 Å². The quantitative estimate of drug-likeness (QED) is 0.479. The topological polar surface area (TPSA) is 118 Å². The number of carbonyl (C=O) groups is 1. The van der Waals surface area contributed by atoms with Gasteiger partial charge in [-0.2, -0.15) is 0 Å². The van der Waals surface area contributed by atoms with Crippen molar-refractivity contribution in [1.82, 2.24) is 10.6 Å².